The predicted octanol–water partition coefficient (Wildman–Crippen LogP) is 16.7. The summed E-state index contributed by atoms with van der Waals surface area (Å²) in [4.78, 5) is 28.6. The van der Waals surface area contributed by atoms with E-state index in [-0.39, 0.29) is 36.0 Å². The number of allylic oxidation sites excluding steroid dienone is 2. The second kappa shape index (κ2) is 30.9. The van der Waals surface area contributed by atoms with Gasteiger partial charge in [0, 0.05) is 18.8 Å². The van der Waals surface area contributed by atoms with E-state index in [1.54, 1.807) is 25.7 Å². The van der Waals surface area contributed by atoms with E-state index in [0.717, 1.165) is 98.8 Å². The first-order chi connectivity index (χ1) is 31.3. The monoisotopic (exact) mass is 892 g/mol. The molecular weight excluding hydrogens is 787 g/mol. The number of hydrogen-bond acceptors (Lipinski definition) is 5. The van der Waals surface area contributed by atoms with Gasteiger partial charge in [-0.2, -0.15) is 0 Å². The maximum absolute atomic E-state index is 13.7. The molecule has 5 rings (SSSR count). The third-order valence-corrected chi connectivity index (χ3v) is 17.3. The third-order valence-electron chi connectivity index (χ3n) is 17.3. The van der Waals surface area contributed by atoms with Crippen LogP contribution in [0.15, 0.2) is 12.2 Å². The summed E-state index contributed by atoms with van der Waals surface area (Å²) in [6.45, 7) is 7.70. The number of unbranched alkanes of at least 4 members (excludes halogenated alkanes) is 14. The van der Waals surface area contributed by atoms with E-state index in [1.807, 2.05) is 14.1 Å². The SMILES string of the molecule is CC/C=C\CC1C(CC(=O)OC(CCCCCCCCC2CC2CC2CC2CCCCC)CCCCCCCCC2CC2CC2CC2CCCCC)CCC1OC(=O)CCCN(C)C. The molecule has 5 aliphatic rings. The van der Waals surface area contributed by atoms with Crippen LogP contribution in [0.2, 0.25) is 0 Å². The summed E-state index contributed by atoms with van der Waals surface area (Å²) in [5.41, 5.74) is 0. The molecule has 0 aromatic heterocycles. The van der Waals surface area contributed by atoms with Crippen molar-refractivity contribution in [2.75, 3.05) is 20.6 Å². The highest BCUT2D eigenvalue weighted by atomic mass is 16.5. The number of hydrogen-bond donors (Lipinski definition) is 0. The van der Waals surface area contributed by atoms with E-state index < -0.39 is 0 Å². The van der Waals surface area contributed by atoms with Crippen LogP contribution in [0, 0.1) is 59.2 Å². The van der Waals surface area contributed by atoms with Gasteiger partial charge < -0.3 is 14.4 Å². The molecule has 0 heterocycles. The third kappa shape index (κ3) is 22.2. The predicted molar refractivity (Wildman–Crippen MR) is 270 cm³/mol. The number of nitrogens with zero attached hydrogens (tertiary/aromatic N) is 1. The normalized spacial score (nSPS) is 29.7. The van der Waals surface area contributed by atoms with Crippen LogP contribution in [0.1, 0.15) is 258 Å². The molecule has 0 saturated heterocycles. The smallest absolute Gasteiger partial charge is 0.306 e. The van der Waals surface area contributed by atoms with Crippen molar-refractivity contribution in [1.82, 2.24) is 4.90 Å². The number of rotatable bonds is 41. The Morgan fingerprint density at radius 2 is 1.00 bits per heavy atom. The number of ether oxygens (including phenoxy) is 2. The lowest BCUT2D eigenvalue weighted by Crippen LogP contribution is -2.27. The molecule has 0 amide bonds. The summed E-state index contributed by atoms with van der Waals surface area (Å²) in [5, 5.41) is 0. The molecule has 370 valence electrons. The Morgan fingerprint density at radius 3 is 1.47 bits per heavy atom. The highest BCUT2D eigenvalue weighted by Crippen LogP contribution is 2.56. The minimum Gasteiger partial charge on any atom is -0.462 e. The second-order valence-electron chi connectivity index (χ2n) is 23.3. The lowest BCUT2D eigenvalue weighted by atomic mass is 9.88. The molecule has 0 bridgehead atoms. The van der Waals surface area contributed by atoms with Gasteiger partial charge in [0.2, 0.25) is 0 Å². The molecule has 5 saturated carbocycles. The topological polar surface area (TPSA) is 55.8 Å². The molecular formula is C59H105NO4. The summed E-state index contributed by atoms with van der Waals surface area (Å²) in [6.07, 6.45) is 51.5. The van der Waals surface area contributed by atoms with Crippen molar-refractivity contribution in [3.8, 4) is 0 Å². The quantitative estimate of drug-likeness (QED) is 0.0348. The zero-order valence-electron chi connectivity index (χ0n) is 43.0. The molecule has 0 spiro atoms. The van der Waals surface area contributed by atoms with E-state index in [4.69, 9.17) is 9.47 Å². The fraction of sp³-hybridized carbons (Fsp3) is 0.932. The molecule has 0 aromatic rings. The summed E-state index contributed by atoms with van der Waals surface area (Å²) in [7, 11) is 4.08. The highest BCUT2D eigenvalue weighted by molar-refractivity contribution is 5.70. The molecule has 64 heavy (non-hydrogen) atoms. The number of carbonyl (C=O) groups is 2. The summed E-state index contributed by atoms with van der Waals surface area (Å²) < 4.78 is 12.5. The van der Waals surface area contributed by atoms with Crippen molar-refractivity contribution in [3.63, 3.8) is 0 Å². The Hall–Kier alpha value is -1.36. The minimum atomic E-state index is -0.0930. The van der Waals surface area contributed by atoms with E-state index in [2.05, 4.69) is 37.8 Å². The van der Waals surface area contributed by atoms with Crippen LogP contribution in [-0.4, -0.2) is 49.7 Å². The molecule has 5 fully saturated rings. The summed E-state index contributed by atoms with van der Waals surface area (Å²) in [6, 6.07) is 0. The Kier molecular flexibility index (Phi) is 25.9. The zero-order valence-corrected chi connectivity index (χ0v) is 43.0. The molecule has 0 aromatic carbocycles. The second-order valence-corrected chi connectivity index (χ2v) is 23.3. The van der Waals surface area contributed by atoms with Gasteiger partial charge in [-0.15, -0.1) is 0 Å². The minimum absolute atomic E-state index is 0.0170. The number of esters is 2. The van der Waals surface area contributed by atoms with Crippen LogP contribution in [-0.2, 0) is 19.1 Å². The van der Waals surface area contributed by atoms with Gasteiger partial charge in [0.15, 0.2) is 0 Å². The lowest BCUT2D eigenvalue weighted by molar-refractivity contribution is -0.152. The molecule has 11 unspecified atom stereocenters. The zero-order chi connectivity index (χ0) is 45.4. The summed E-state index contributed by atoms with van der Waals surface area (Å²) in [5.74, 6) is 8.93. The molecule has 0 aliphatic heterocycles. The van der Waals surface area contributed by atoms with Crippen molar-refractivity contribution in [2.45, 2.75) is 271 Å². The Balaban J connectivity index is 0.959. The first-order valence-corrected chi connectivity index (χ1v) is 29.0. The molecule has 0 N–H and O–H groups in total. The Morgan fingerprint density at radius 1 is 0.531 bits per heavy atom. The average Bonchev–Trinajstić information content (AvgIpc) is 4.15. The van der Waals surface area contributed by atoms with Crippen LogP contribution >= 0.6 is 0 Å². The van der Waals surface area contributed by atoms with Crippen LogP contribution < -0.4 is 0 Å². The number of carbonyl (C=O) groups excluding carboxylic acids is 2. The van der Waals surface area contributed by atoms with Gasteiger partial charge >= 0.3 is 11.9 Å². The summed E-state index contributed by atoms with van der Waals surface area (Å²) >= 11 is 0. The fourth-order valence-corrected chi connectivity index (χ4v) is 12.6. The van der Waals surface area contributed by atoms with Gasteiger partial charge in [-0.1, -0.05) is 161 Å². The van der Waals surface area contributed by atoms with Crippen molar-refractivity contribution >= 4 is 11.9 Å². The molecule has 5 heteroatoms. The molecule has 5 aliphatic carbocycles. The average molecular weight is 892 g/mol. The standard InChI is InChI=1S/C59H105NO4/c1-6-9-20-28-46-39-51(46)43-53-41-48(53)30-23-16-12-14-18-25-32-55(33-26-19-15-13-17-24-31-49-42-54(49)44-52-40-47(52)29-21-10-7-2)63-59(62)45-50-36-37-57(56(50)34-22-11-8-3)64-58(61)35-27-38-60(4)5/h11,22,46-57H,6-10,12-21,23-45H2,1-5H3/b22-11-. The van der Waals surface area contributed by atoms with Crippen molar-refractivity contribution in [1.29, 1.82) is 0 Å². The first kappa shape index (κ1) is 53.6. The van der Waals surface area contributed by atoms with Crippen molar-refractivity contribution in [3.05, 3.63) is 12.2 Å². The maximum atomic E-state index is 13.7. The lowest BCUT2D eigenvalue weighted by Gasteiger charge is -2.25. The van der Waals surface area contributed by atoms with Gasteiger partial charge in [-0.3, -0.25) is 9.59 Å². The van der Waals surface area contributed by atoms with Crippen molar-refractivity contribution in [2.24, 2.45) is 59.2 Å². The van der Waals surface area contributed by atoms with Gasteiger partial charge in [-0.05, 0) is 170 Å². The largest absolute Gasteiger partial charge is 0.462 e. The Bertz CT molecular complexity index is 1220. The van der Waals surface area contributed by atoms with Gasteiger partial charge in [0.1, 0.15) is 12.2 Å². The molecule has 11 atom stereocenters. The maximum Gasteiger partial charge on any atom is 0.306 e. The van der Waals surface area contributed by atoms with Gasteiger partial charge in [0.05, 0.1) is 0 Å². The van der Waals surface area contributed by atoms with Gasteiger partial charge in [-0.25, -0.2) is 0 Å². The van der Waals surface area contributed by atoms with E-state index in [9.17, 15) is 9.59 Å². The van der Waals surface area contributed by atoms with Gasteiger partial charge in [0.25, 0.3) is 0 Å². The van der Waals surface area contributed by atoms with E-state index in [1.165, 1.54) is 154 Å². The van der Waals surface area contributed by atoms with Crippen LogP contribution in [0.4, 0.5) is 0 Å². The van der Waals surface area contributed by atoms with Crippen LogP contribution in [0.3, 0.4) is 0 Å². The van der Waals surface area contributed by atoms with Crippen LogP contribution in [0.5, 0.6) is 0 Å². The van der Waals surface area contributed by atoms with Crippen LogP contribution in [0.25, 0.3) is 0 Å². The molecule has 5 nitrogen and oxygen atoms in total. The highest BCUT2D eigenvalue weighted by Gasteiger charge is 2.46. The van der Waals surface area contributed by atoms with Crippen molar-refractivity contribution < 1.29 is 19.1 Å². The van der Waals surface area contributed by atoms with E-state index >= 15 is 0 Å². The Labute approximate surface area is 396 Å². The van der Waals surface area contributed by atoms with E-state index in [0.29, 0.717) is 12.8 Å². The molecule has 0 radical (unpaired) electrons. The fourth-order valence-electron chi connectivity index (χ4n) is 12.6. The first-order valence-electron chi connectivity index (χ1n) is 29.0.